The van der Waals surface area contributed by atoms with E-state index >= 15 is 0 Å². The number of hydrogen-bond acceptors (Lipinski definition) is 4. The maximum Gasteiger partial charge on any atom is 0.241 e. The van der Waals surface area contributed by atoms with Crippen LogP contribution in [0.3, 0.4) is 0 Å². The molecule has 1 heterocycles. The van der Waals surface area contributed by atoms with Crippen molar-refractivity contribution in [1.82, 2.24) is 15.0 Å². The maximum absolute atomic E-state index is 12.4. The summed E-state index contributed by atoms with van der Waals surface area (Å²) in [5.41, 5.74) is 0.682. The number of nitrogens with one attached hydrogen (secondary N) is 2. The summed E-state index contributed by atoms with van der Waals surface area (Å²) in [6.07, 6.45) is 2.41. The van der Waals surface area contributed by atoms with Crippen molar-refractivity contribution in [1.29, 1.82) is 0 Å². The van der Waals surface area contributed by atoms with Gasteiger partial charge < -0.3 is 5.32 Å². The van der Waals surface area contributed by atoms with Crippen LogP contribution in [0.2, 0.25) is 0 Å². The van der Waals surface area contributed by atoms with Crippen molar-refractivity contribution >= 4 is 20.9 Å². The van der Waals surface area contributed by atoms with Gasteiger partial charge in [-0.15, -0.1) is 0 Å². The Kier molecular flexibility index (Phi) is 5.27. The molecule has 0 fully saturated rings. The molecule has 0 bridgehead atoms. The standard InChI is InChI=1S/C15H21N3O2S/c1-12(2)16-10-5-11-18-21(19,20)15-8-3-7-14-13(15)6-4-9-17-14/h3-4,6-9,12,16,18H,5,10-11H2,1-2H3. The lowest BCUT2D eigenvalue weighted by Gasteiger charge is -2.10. The van der Waals surface area contributed by atoms with Gasteiger partial charge in [0.25, 0.3) is 0 Å². The van der Waals surface area contributed by atoms with Gasteiger partial charge in [-0.1, -0.05) is 19.9 Å². The van der Waals surface area contributed by atoms with Crippen LogP contribution in [0.15, 0.2) is 41.4 Å². The first kappa shape index (κ1) is 15.9. The molecule has 5 nitrogen and oxygen atoms in total. The molecule has 1 aromatic heterocycles. The molecule has 0 aliphatic heterocycles. The van der Waals surface area contributed by atoms with Gasteiger partial charge in [-0.3, -0.25) is 4.98 Å². The molecule has 0 unspecified atom stereocenters. The highest BCUT2D eigenvalue weighted by molar-refractivity contribution is 7.89. The third-order valence-electron chi connectivity index (χ3n) is 3.09. The summed E-state index contributed by atoms with van der Waals surface area (Å²) in [5.74, 6) is 0. The Morgan fingerprint density at radius 2 is 1.95 bits per heavy atom. The van der Waals surface area contributed by atoms with Crippen LogP contribution in [0.25, 0.3) is 10.9 Å². The summed E-state index contributed by atoms with van der Waals surface area (Å²) < 4.78 is 27.4. The van der Waals surface area contributed by atoms with Gasteiger partial charge in [0.05, 0.1) is 10.4 Å². The lowest BCUT2D eigenvalue weighted by molar-refractivity contribution is 0.555. The fourth-order valence-electron chi connectivity index (χ4n) is 2.07. The zero-order valence-electron chi connectivity index (χ0n) is 12.3. The number of fused-ring (bicyclic) bond motifs is 1. The highest BCUT2D eigenvalue weighted by Crippen LogP contribution is 2.20. The van der Waals surface area contributed by atoms with Crippen LogP contribution in [-0.4, -0.2) is 32.5 Å². The molecule has 1 aromatic carbocycles. The number of rotatable bonds is 7. The first-order chi connectivity index (χ1) is 10.0. The topological polar surface area (TPSA) is 71.1 Å². The van der Waals surface area contributed by atoms with E-state index < -0.39 is 10.0 Å². The number of pyridine rings is 1. The van der Waals surface area contributed by atoms with Gasteiger partial charge in [0.2, 0.25) is 10.0 Å². The Morgan fingerprint density at radius 1 is 1.14 bits per heavy atom. The average Bonchev–Trinajstić information content (AvgIpc) is 2.46. The molecule has 0 aliphatic carbocycles. The van der Waals surface area contributed by atoms with Crippen molar-refractivity contribution in [3.05, 3.63) is 36.5 Å². The van der Waals surface area contributed by atoms with Crippen molar-refractivity contribution in [3.63, 3.8) is 0 Å². The van der Waals surface area contributed by atoms with Crippen molar-refractivity contribution in [2.24, 2.45) is 0 Å². The van der Waals surface area contributed by atoms with Crippen LogP contribution in [0, 0.1) is 0 Å². The molecule has 0 radical (unpaired) electrons. The molecule has 6 heteroatoms. The monoisotopic (exact) mass is 307 g/mol. The summed E-state index contributed by atoms with van der Waals surface area (Å²) in [5, 5.41) is 3.90. The third kappa shape index (κ3) is 4.23. The smallest absolute Gasteiger partial charge is 0.241 e. The summed E-state index contributed by atoms with van der Waals surface area (Å²) in [4.78, 5) is 4.46. The fraction of sp³-hybridized carbons (Fsp3) is 0.400. The van der Waals surface area contributed by atoms with Gasteiger partial charge in [-0.2, -0.15) is 0 Å². The van der Waals surface area contributed by atoms with Crippen LogP contribution in [0.1, 0.15) is 20.3 Å². The van der Waals surface area contributed by atoms with E-state index in [0.29, 0.717) is 23.5 Å². The molecule has 0 aliphatic rings. The molecule has 0 amide bonds. The Balaban J connectivity index is 2.08. The minimum atomic E-state index is -3.51. The second kappa shape index (κ2) is 6.98. The summed E-state index contributed by atoms with van der Waals surface area (Å²) in [6, 6.07) is 9.06. The van der Waals surface area contributed by atoms with Crippen molar-refractivity contribution in [2.75, 3.05) is 13.1 Å². The van der Waals surface area contributed by atoms with Gasteiger partial charge in [0.1, 0.15) is 0 Å². The van der Waals surface area contributed by atoms with Gasteiger partial charge in [0.15, 0.2) is 0 Å². The van der Waals surface area contributed by atoms with E-state index in [2.05, 4.69) is 28.9 Å². The molecule has 114 valence electrons. The van der Waals surface area contributed by atoms with Crippen LogP contribution < -0.4 is 10.0 Å². The highest BCUT2D eigenvalue weighted by atomic mass is 32.2. The Bertz CT molecular complexity index is 694. The van der Waals surface area contributed by atoms with E-state index in [9.17, 15) is 8.42 Å². The molecule has 2 aromatic rings. The van der Waals surface area contributed by atoms with E-state index in [0.717, 1.165) is 13.0 Å². The highest BCUT2D eigenvalue weighted by Gasteiger charge is 2.16. The summed E-state index contributed by atoms with van der Waals surface area (Å²) >= 11 is 0. The molecule has 0 saturated heterocycles. The van der Waals surface area contributed by atoms with Gasteiger partial charge in [0, 0.05) is 24.2 Å². The van der Waals surface area contributed by atoms with Gasteiger partial charge >= 0.3 is 0 Å². The number of sulfonamides is 1. The largest absolute Gasteiger partial charge is 0.314 e. The molecule has 21 heavy (non-hydrogen) atoms. The van der Waals surface area contributed by atoms with Crippen molar-refractivity contribution in [2.45, 2.75) is 31.2 Å². The minimum Gasteiger partial charge on any atom is -0.314 e. The normalized spacial score (nSPS) is 12.1. The molecule has 0 atom stereocenters. The van der Waals surface area contributed by atoms with Crippen LogP contribution in [-0.2, 0) is 10.0 Å². The molecule has 2 rings (SSSR count). The second-order valence-electron chi connectivity index (χ2n) is 5.19. The summed E-state index contributed by atoms with van der Waals surface area (Å²) in [7, 11) is -3.51. The average molecular weight is 307 g/mol. The van der Waals surface area contributed by atoms with Crippen molar-refractivity contribution < 1.29 is 8.42 Å². The Hall–Kier alpha value is -1.50. The second-order valence-corrected chi connectivity index (χ2v) is 6.92. The molecule has 0 spiro atoms. The predicted molar refractivity (Wildman–Crippen MR) is 84.7 cm³/mol. The first-order valence-corrected chi connectivity index (χ1v) is 8.56. The molecule has 2 N–H and O–H groups in total. The van der Waals surface area contributed by atoms with E-state index in [1.165, 1.54) is 0 Å². The number of nitrogens with zero attached hydrogens (tertiary/aromatic N) is 1. The van der Waals surface area contributed by atoms with E-state index in [1.54, 1.807) is 36.5 Å². The lowest BCUT2D eigenvalue weighted by Crippen LogP contribution is -2.29. The van der Waals surface area contributed by atoms with E-state index in [1.807, 2.05) is 0 Å². The SMILES string of the molecule is CC(C)NCCCNS(=O)(=O)c1cccc2ncccc12. The van der Waals surface area contributed by atoms with Crippen LogP contribution in [0.5, 0.6) is 0 Å². The van der Waals surface area contributed by atoms with Gasteiger partial charge in [-0.25, -0.2) is 13.1 Å². The predicted octanol–water partition coefficient (Wildman–Crippen LogP) is 1.90. The maximum atomic E-state index is 12.4. The zero-order valence-corrected chi connectivity index (χ0v) is 13.2. The van der Waals surface area contributed by atoms with Crippen LogP contribution >= 0.6 is 0 Å². The number of hydrogen-bond donors (Lipinski definition) is 2. The number of benzene rings is 1. The fourth-order valence-corrected chi connectivity index (χ4v) is 3.36. The quantitative estimate of drug-likeness (QED) is 0.767. The van der Waals surface area contributed by atoms with Crippen molar-refractivity contribution in [3.8, 4) is 0 Å². The number of aromatic nitrogens is 1. The molecular weight excluding hydrogens is 286 g/mol. The zero-order chi connectivity index (χ0) is 15.3. The Labute approximate surface area is 125 Å². The third-order valence-corrected chi connectivity index (χ3v) is 4.61. The summed E-state index contributed by atoms with van der Waals surface area (Å²) in [6.45, 7) is 5.33. The minimum absolute atomic E-state index is 0.282. The van der Waals surface area contributed by atoms with E-state index in [-0.39, 0.29) is 4.90 Å². The first-order valence-electron chi connectivity index (χ1n) is 7.07. The van der Waals surface area contributed by atoms with Gasteiger partial charge in [-0.05, 0) is 37.2 Å². The molecular formula is C15H21N3O2S. The van der Waals surface area contributed by atoms with Crippen LogP contribution in [0.4, 0.5) is 0 Å². The van der Waals surface area contributed by atoms with E-state index in [4.69, 9.17) is 0 Å². The Morgan fingerprint density at radius 3 is 2.71 bits per heavy atom. The lowest BCUT2D eigenvalue weighted by atomic mass is 10.2. The molecule has 0 saturated carbocycles.